The Morgan fingerprint density at radius 2 is 1.90 bits per heavy atom. The number of carbonyl (C=O) groups is 1. The van der Waals surface area contributed by atoms with E-state index >= 15 is 0 Å². The second-order valence-electron chi connectivity index (χ2n) is 8.10. The van der Waals surface area contributed by atoms with E-state index in [2.05, 4.69) is 20.5 Å². The highest BCUT2D eigenvalue weighted by Gasteiger charge is 2.39. The van der Waals surface area contributed by atoms with Crippen LogP contribution in [0.15, 0.2) is 53.3 Å². The average molecular weight is 570 g/mol. The topological polar surface area (TPSA) is 129 Å². The van der Waals surface area contributed by atoms with Crippen molar-refractivity contribution < 1.29 is 32.2 Å². The number of halogens is 5. The first-order valence-corrected chi connectivity index (χ1v) is 11.6. The van der Waals surface area contributed by atoms with Gasteiger partial charge in [0.2, 0.25) is 0 Å². The number of carbonyl (C=O) groups excluding carboxylic acids is 1. The van der Waals surface area contributed by atoms with E-state index in [9.17, 15) is 32.3 Å². The van der Waals surface area contributed by atoms with Gasteiger partial charge in [-0.3, -0.25) is 4.57 Å². The van der Waals surface area contributed by atoms with Gasteiger partial charge in [0.25, 0.3) is 0 Å². The van der Waals surface area contributed by atoms with Gasteiger partial charge >= 0.3 is 18.0 Å². The van der Waals surface area contributed by atoms with Crippen LogP contribution in [-0.4, -0.2) is 59.6 Å². The first-order valence-electron chi connectivity index (χ1n) is 11.2. The maximum atomic E-state index is 13.9. The first-order chi connectivity index (χ1) is 18.5. The molecule has 0 spiro atoms. The summed E-state index contributed by atoms with van der Waals surface area (Å²) in [7, 11) is 1.35. The number of nitrogens with zero attached hydrogens (tertiary/aromatic N) is 6. The Morgan fingerprint density at radius 3 is 2.54 bits per heavy atom. The standard InChI is InChI=1S/C23H20ClF4N7O4/c1-29-21(37)39-12-19-30-18(31-35(19)16-4-2-3-15(25)9-16)11-34-22(38)33(10-17(36)23(26,27)28)20(32-34)13-5-7-14(24)8-6-13/h2-9,17,36H,10-12H2,1H3,(H,29,37). The molecule has 11 nitrogen and oxygen atoms in total. The summed E-state index contributed by atoms with van der Waals surface area (Å²) in [6, 6.07) is 11.1. The van der Waals surface area contributed by atoms with Crippen molar-refractivity contribution in [3.63, 3.8) is 0 Å². The second kappa shape index (κ2) is 11.2. The van der Waals surface area contributed by atoms with Crippen molar-refractivity contribution in [2.75, 3.05) is 7.05 Å². The molecule has 0 saturated heterocycles. The van der Waals surface area contributed by atoms with Crippen LogP contribution in [0.1, 0.15) is 11.6 Å². The van der Waals surface area contributed by atoms with E-state index in [4.69, 9.17) is 16.3 Å². The van der Waals surface area contributed by atoms with Crippen LogP contribution in [0.3, 0.4) is 0 Å². The van der Waals surface area contributed by atoms with Crippen molar-refractivity contribution in [2.24, 2.45) is 0 Å². The molecule has 2 heterocycles. The van der Waals surface area contributed by atoms with Crippen LogP contribution in [0.25, 0.3) is 17.1 Å². The number of benzene rings is 2. The third-order valence-electron chi connectivity index (χ3n) is 5.36. The summed E-state index contributed by atoms with van der Waals surface area (Å²) in [4.78, 5) is 28.9. The van der Waals surface area contributed by atoms with Crippen LogP contribution in [0.4, 0.5) is 22.4 Å². The summed E-state index contributed by atoms with van der Waals surface area (Å²) in [5.74, 6) is -0.709. The van der Waals surface area contributed by atoms with Crippen LogP contribution in [-0.2, 0) is 24.4 Å². The minimum atomic E-state index is -4.98. The molecule has 0 radical (unpaired) electrons. The van der Waals surface area contributed by atoms with Gasteiger partial charge < -0.3 is 15.2 Å². The smallest absolute Gasteiger partial charge is 0.416 e. The Bertz CT molecular complexity index is 1530. The normalized spacial score (nSPS) is 12.4. The number of rotatable bonds is 8. The van der Waals surface area contributed by atoms with Crippen LogP contribution < -0.4 is 11.0 Å². The number of aliphatic hydroxyl groups is 1. The molecule has 4 aromatic rings. The van der Waals surface area contributed by atoms with E-state index in [1.807, 2.05) is 0 Å². The maximum Gasteiger partial charge on any atom is 0.416 e. The molecule has 0 aliphatic rings. The minimum absolute atomic E-state index is 0.0412. The molecule has 206 valence electrons. The summed E-state index contributed by atoms with van der Waals surface area (Å²) >= 11 is 5.90. The number of aliphatic hydroxyl groups excluding tert-OH is 1. The monoisotopic (exact) mass is 569 g/mol. The third kappa shape index (κ3) is 6.43. The average Bonchev–Trinajstić information content (AvgIpc) is 3.43. The van der Waals surface area contributed by atoms with E-state index in [1.54, 1.807) is 0 Å². The van der Waals surface area contributed by atoms with Crippen LogP contribution in [0.5, 0.6) is 0 Å². The highest BCUT2D eigenvalue weighted by molar-refractivity contribution is 6.30. The minimum Gasteiger partial charge on any atom is -0.441 e. The number of hydrogen-bond acceptors (Lipinski definition) is 7. The summed E-state index contributed by atoms with van der Waals surface area (Å²) in [5.41, 5.74) is -0.478. The lowest BCUT2D eigenvalue weighted by atomic mass is 10.2. The quantitative estimate of drug-likeness (QED) is 0.312. The predicted octanol–water partition coefficient (Wildman–Crippen LogP) is 2.91. The predicted molar refractivity (Wildman–Crippen MR) is 129 cm³/mol. The van der Waals surface area contributed by atoms with Crippen LogP contribution in [0, 0.1) is 5.82 Å². The van der Waals surface area contributed by atoms with E-state index in [0.29, 0.717) is 9.59 Å². The molecular weight excluding hydrogens is 550 g/mol. The highest BCUT2D eigenvalue weighted by atomic mass is 35.5. The second-order valence-corrected chi connectivity index (χ2v) is 8.54. The van der Waals surface area contributed by atoms with Crippen molar-refractivity contribution >= 4 is 17.7 Å². The number of ether oxygens (including phenoxy) is 1. The molecule has 1 atom stereocenters. The summed E-state index contributed by atoms with van der Waals surface area (Å²) < 4.78 is 60.9. The van der Waals surface area contributed by atoms with Gasteiger partial charge in [0, 0.05) is 17.6 Å². The van der Waals surface area contributed by atoms with Crippen molar-refractivity contribution in [2.45, 2.75) is 32.0 Å². The lowest BCUT2D eigenvalue weighted by Gasteiger charge is -2.15. The van der Waals surface area contributed by atoms with Gasteiger partial charge in [0.1, 0.15) is 12.4 Å². The van der Waals surface area contributed by atoms with Crippen molar-refractivity contribution in [1.29, 1.82) is 0 Å². The molecule has 0 fully saturated rings. The molecule has 39 heavy (non-hydrogen) atoms. The number of nitrogens with one attached hydrogen (secondary N) is 1. The van der Waals surface area contributed by atoms with Crippen LogP contribution >= 0.6 is 11.6 Å². The Kier molecular flexibility index (Phi) is 8.01. The molecule has 2 aromatic heterocycles. The van der Waals surface area contributed by atoms with Gasteiger partial charge in [-0.15, -0.1) is 10.2 Å². The molecule has 2 aromatic carbocycles. The fourth-order valence-electron chi connectivity index (χ4n) is 3.50. The first kappa shape index (κ1) is 27.8. The van der Waals surface area contributed by atoms with E-state index in [1.165, 1.54) is 54.2 Å². The van der Waals surface area contributed by atoms with Gasteiger partial charge in [0.15, 0.2) is 30.2 Å². The zero-order valence-electron chi connectivity index (χ0n) is 20.1. The van der Waals surface area contributed by atoms with E-state index in [-0.39, 0.29) is 35.3 Å². The molecule has 0 bridgehead atoms. The lowest BCUT2D eigenvalue weighted by Crippen LogP contribution is -2.37. The van der Waals surface area contributed by atoms with Crippen LogP contribution in [0.2, 0.25) is 5.02 Å². The SMILES string of the molecule is CNC(=O)OCc1nc(Cn2nc(-c3ccc(Cl)cc3)n(CC(O)C(F)(F)F)c2=O)nn1-c1cccc(F)c1. The third-order valence-corrected chi connectivity index (χ3v) is 5.61. The number of alkyl halides is 3. The summed E-state index contributed by atoms with van der Waals surface area (Å²) in [6.45, 7) is -1.90. The fraction of sp³-hybridized carbons (Fsp3) is 0.261. The molecule has 1 unspecified atom stereocenters. The van der Waals surface area contributed by atoms with Crippen molar-refractivity contribution in [3.05, 3.63) is 81.5 Å². The molecule has 0 aliphatic carbocycles. The molecular formula is C23H20ClF4N7O4. The summed E-state index contributed by atoms with van der Waals surface area (Å²) in [5, 5.41) is 20.7. The Morgan fingerprint density at radius 1 is 1.18 bits per heavy atom. The van der Waals surface area contributed by atoms with Gasteiger partial charge in [-0.1, -0.05) is 17.7 Å². The van der Waals surface area contributed by atoms with Gasteiger partial charge in [-0.2, -0.15) is 13.2 Å². The Balaban J connectivity index is 1.74. The molecule has 16 heteroatoms. The zero-order chi connectivity index (χ0) is 28.3. The fourth-order valence-corrected chi connectivity index (χ4v) is 3.63. The zero-order valence-corrected chi connectivity index (χ0v) is 20.8. The van der Waals surface area contributed by atoms with E-state index in [0.717, 1.165) is 10.7 Å². The molecule has 2 N–H and O–H groups in total. The largest absolute Gasteiger partial charge is 0.441 e. The molecule has 0 aliphatic heterocycles. The number of alkyl carbamates (subject to hydrolysis) is 1. The number of amides is 1. The lowest BCUT2D eigenvalue weighted by molar-refractivity contribution is -0.207. The van der Waals surface area contributed by atoms with Gasteiger partial charge in [-0.05, 0) is 42.5 Å². The Hall–Kier alpha value is -4.24. The number of aromatic nitrogens is 6. The summed E-state index contributed by atoms with van der Waals surface area (Å²) in [6.07, 6.45) is -8.59. The Labute approximate surface area is 222 Å². The maximum absolute atomic E-state index is 13.9. The van der Waals surface area contributed by atoms with Crippen molar-refractivity contribution in [1.82, 2.24) is 34.4 Å². The highest BCUT2D eigenvalue weighted by Crippen LogP contribution is 2.24. The molecule has 4 rings (SSSR count). The van der Waals surface area contributed by atoms with Crippen molar-refractivity contribution in [3.8, 4) is 17.1 Å². The molecule has 0 saturated carbocycles. The molecule has 1 amide bonds. The van der Waals surface area contributed by atoms with Gasteiger partial charge in [-0.25, -0.2) is 28.3 Å². The van der Waals surface area contributed by atoms with Gasteiger partial charge in [0.05, 0.1) is 12.2 Å². The van der Waals surface area contributed by atoms with E-state index < -0.39 is 43.0 Å². The number of hydrogen-bond donors (Lipinski definition) is 2.